The number of hydrogen-bond donors (Lipinski definition) is 2. The van der Waals surface area contributed by atoms with Crippen LogP contribution in [0, 0.1) is 19.8 Å². The van der Waals surface area contributed by atoms with E-state index in [0.717, 1.165) is 36.3 Å². The summed E-state index contributed by atoms with van der Waals surface area (Å²) < 4.78 is 2.04. The van der Waals surface area contributed by atoms with Crippen molar-refractivity contribution in [1.82, 2.24) is 15.1 Å². The van der Waals surface area contributed by atoms with Gasteiger partial charge in [0, 0.05) is 36.0 Å². The van der Waals surface area contributed by atoms with Crippen molar-refractivity contribution in [2.45, 2.75) is 66.0 Å². The predicted octanol–water partition coefficient (Wildman–Crippen LogP) is 3.62. The van der Waals surface area contributed by atoms with Crippen LogP contribution in [0.3, 0.4) is 0 Å². The van der Waals surface area contributed by atoms with Crippen molar-refractivity contribution in [1.29, 1.82) is 0 Å². The van der Waals surface area contributed by atoms with Crippen LogP contribution in [0.1, 0.15) is 60.4 Å². The van der Waals surface area contributed by atoms with Gasteiger partial charge in [0.05, 0.1) is 5.69 Å². The molecule has 1 aromatic heterocycles. The zero-order chi connectivity index (χ0) is 20.3. The number of rotatable bonds is 8. The number of nitrogens with one attached hydrogen (secondary N) is 2. The van der Waals surface area contributed by atoms with Crippen molar-refractivity contribution in [3.63, 3.8) is 0 Å². The lowest BCUT2D eigenvalue weighted by atomic mass is 10.1. The van der Waals surface area contributed by atoms with Crippen molar-refractivity contribution in [2.75, 3.05) is 5.32 Å². The molecule has 1 fully saturated rings. The number of carbonyl (C=O) groups excluding carboxylic acids is 2. The molecule has 0 saturated heterocycles. The van der Waals surface area contributed by atoms with E-state index in [4.69, 9.17) is 0 Å². The quantitative estimate of drug-likeness (QED) is 0.732. The van der Waals surface area contributed by atoms with Gasteiger partial charge in [0.15, 0.2) is 0 Å². The fraction of sp³-hybridized carbons (Fsp3) is 0.500. The second-order valence-electron chi connectivity index (χ2n) is 8.10. The molecular weight excluding hydrogens is 352 g/mol. The number of aromatic nitrogens is 2. The topological polar surface area (TPSA) is 76.0 Å². The molecule has 28 heavy (non-hydrogen) atoms. The number of hydrogen-bond acceptors (Lipinski definition) is 3. The Bertz CT molecular complexity index is 848. The van der Waals surface area contributed by atoms with Gasteiger partial charge in [0.2, 0.25) is 5.91 Å². The van der Waals surface area contributed by atoms with E-state index in [2.05, 4.69) is 36.5 Å². The second kappa shape index (κ2) is 8.59. The number of nitrogens with zero attached hydrogens (tertiary/aromatic N) is 2. The molecule has 1 heterocycles. The van der Waals surface area contributed by atoms with Crippen molar-refractivity contribution < 1.29 is 9.59 Å². The average Bonchev–Trinajstić information content (AvgIpc) is 3.40. The van der Waals surface area contributed by atoms with Crippen molar-refractivity contribution in [2.24, 2.45) is 5.92 Å². The van der Waals surface area contributed by atoms with Crippen LogP contribution in [0.2, 0.25) is 0 Å². The molecule has 1 aromatic carbocycles. The molecular formula is C22H30N4O2. The minimum absolute atomic E-state index is 0.0365. The van der Waals surface area contributed by atoms with Gasteiger partial charge in [-0.05, 0) is 68.9 Å². The summed E-state index contributed by atoms with van der Waals surface area (Å²) in [5.74, 6) is 0.443. The Hall–Kier alpha value is -2.63. The molecule has 150 valence electrons. The summed E-state index contributed by atoms with van der Waals surface area (Å²) in [5, 5.41) is 10.5. The van der Waals surface area contributed by atoms with Gasteiger partial charge < -0.3 is 10.6 Å². The van der Waals surface area contributed by atoms with E-state index in [1.165, 1.54) is 0 Å². The Morgan fingerprint density at radius 2 is 1.86 bits per heavy atom. The minimum Gasteiger partial charge on any atom is -0.349 e. The molecule has 0 radical (unpaired) electrons. The van der Waals surface area contributed by atoms with Gasteiger partial charge in [-0.25, -0.2) is 0 Å². The number of aryl methyl sites for hydroxylation is 1. The molecule has 6 heteroatoms. The van der Waals surface area contributed by atoms with E-state index in [0.29, 0.717) is 36.1 Å². The molecule has 2 aromatic rings. The zero-order valence-electron chi connectivity index (χ0n) is 17.2. The summed E-state index contributed by atoms with van der Waals surface area (Å²) in [4.78, 5) is 24.4. The first-order valence-corrected chi connectivity index (χ1v) is 10.1. The lowest BCUT2D eigenvalue weighted by Crippen LogP contribution is -2.25. The molecule has 0 unspecified atom stereocenters. The summed E-state index contributed by atoms with van der Waals surface area (Å²) in [6, 6.07) is 7.38. The molecule has 1 aliphatic rings. The molecule has 0 aliphatic heterocycles. The molecule has 3 rings (SSSR count). The third-order valence-electron chi connectivity index (χ3n) is 5.01. The molecule has 2 amide bonds. The van der Waals surface area contributed by atoms with E-state index >= 15 is 0 Å². The van der Waals surface area contributed by atoms with Gasteiger partial charge in [-0.2, -0.15) is 5.10 Å². The highest BCUT2D eigenvalue weighted by atomic mass is 16.2. The maximum absolute atomic E-state index is 12.3. The number of anilines is 1. The Kier molecular flexibility index (Phi) is 6.17. The Balaban J connectivity index is 1.53. The van der Waals surface area contributed by atoms with Crippen LogP contribution >= 0.6 is 0 Å². The van der Waals surface area contributed by atoms with E-state index in [1.54, 1.807) is 24.3 Å². The van der Waals surface area contributed by atoms with Gasteiger partial charge in [0.1, 0.15) is 0 Å². The van der Waals surface area contributed by atoms with E-state index in [-0.39, 0.29) is 11.8 Å². The highest BCUT2D eigenvalue weighted by Crippen LogP contribution is 2.20. The molecule has 1 aliphatic carbocycles. The molecule has 0 atom stereocenters. The molecule has 6 nitrogen and oxygen atoms in total. The normalized spacial score (nSPS) is 13.6. The smallest absolute Gasteiger partial charge is 0.251 e. The highest BCUT2D eigenvalue weighted by molar-refractivity contribution is 5.96. The summed E-state index contributed by atoms with van der Waals surface area (Å²) >= 11 is 0. The fourth-order valence-electron chi connectivity index (χ4n) is 3.28. The van der Waals surface area contributed by atoms with Crippen LogP contribution in [0.4, 0.5) is 5.69 Å². The van der Waals surface area contributed by atoms with E-state index in [9.17, 15) is 9.59 Å². The fourth-order valence-corrected chi connectivity index (χ4v) is 3.28. The maximum atomic E-state index is 12.3. The second-order valence-corrected chi connectivity index (χ2v) is 8.10. The summed E-state index contributed by atoms with van der Waals surface area (Å²) in [6.45, 7) is 9.30. The minimum atomic E-state index is -0.0512. The van der Waals surface area contributed by atoms with Crippen LogP contribution < -0.4 is 10.6 Å². The Labute approximate surface area is 166 Å². The van der Waals surface area contributed by atoms with Gasteiger partial charge in [0.25, 0.3) is 5.91 Å². The van der Waals surface area contributed by atoms with E-state index < -0.39 is 0 Å². The highest BCUT2D eigenvalue weighted by Gasteiger charge is 2.23. The monoisotopic (exact) mass is 382 g/mol. The van der Waals surface area contributed by atoms with Crippen LogP contribution in [-0.4, -0.2) is 27.6 Å². The van der Waals surface area contributed by atoms with Crippen molar-refractivity contribution in [3.05, 3.63) is 46.8 Å². The van der Waals surface area contributed by atoms with E-state index in [1.807, 2.05) is 11.6 Å². The number of amides is 2. The first-order valence-electron chi connectivity index (χ1n) is 10.1. The van der Waals surface area contributed by atoms with Crippen LogP contribution in [0.15, 0.2) is 24.3 Å². The standard InChI is InChI=1S/C22H30N4O2/c1-14(2)13-26-16(4)20(15(3)25-26)11-12-21(27)23-18-7-5-17(6-8-18)22(28)24-19-9-10-19/h5-8,14,19H,9-13H2,1-4H3,(H,23,27)(H,24,28). The Morgan fingerprint density at radius 3 is 2.46 bits per heavy atom. The van der Waals surface area contributed by atoms with Crippen LogP contribution in [0.25, 0.3) is 0 Å². The SMILES string of the molecule is Cc1nn(CC(C)C)c(C)c1CCC(=O)Nc1ccc(C(=O)NC2CC2)cc1. The summed E-state index contributed by atoms with van der Waals surface area (Å²) in [5.41, 5.74) is 4.62. The lowest BCUT2D eigenvalue weighted by molar-refractivity contribution is -0.116. The summed E-state index contributed by atoms with van der Waals surface area (Å²) in [6.07, 6.45) is 3.20. The third kappa shape index (κ3) is 5.21. The molecule has 1 saturated carbocycles. The lowest BCUT2D eigenvalue weighted by Gasteiger charge is -2.09. The van der Waals surface area contributed by atoms with Gasteiger partial charge in [-0.15, -0.1) is 0 Å². The van der Waals surface area contributed by atoms with Crippen molar-refractivity contribution >= 4 is 17.5 Å². The van der Waals surface area contributed by atoms with Gasteiger partial charge in [-0.1, -0.05) is 13.8 Å². The first kappa shape index (κ1) is 20.1. The van der Waals surface area contributed by atoms with Crippen LogP contribution in [-0.2, 0) is 17.8 Å². The summed E-state index contributed by atoms with van der Waals surface area (Å²) in [7, 11) is 0. The first-order chi connectivity index (χ1) is 13.3. The molecule has 2 N–H and O–H groups in total. The molecule has 0 bridgehead atoms. The predicted molar refractivity (Wildman–Crippen MR) is 110 cm³/mol. The van der Waals surface area contributed by atoms with Gasteiger partial charge in [-0.3, -0.25) is 14.3 Å². The zero-order valence-corrected chi connectivity index (χ0v) is 17.2. The Morgan fingerprint density at radius 1 is 1.18 bits per heavy atom. The van der Waals surface area contributed by atoms with Crippen molar-refractivity contribution in [3.8, 4) is 0 Å². The molecule has 0 spiro atoms. The third-order valence-corrected chi connectivity index (χ3v) is 5.01. The average molecular weight is 383 g/mol. The largest absolute Gasteiger partial charge is 0.349 e. The van der Waals surface area contributed by atoms with Crippen LogP contribution in [0.5, 0.6) is 0 Å². The maximum Gasteiger partial charge on any atom is 0.251 e. The number of carbonyl (C=O) groups is 2. The number of benzene rings is 1. The van der Waals surface area contributed by atoms with Gasteiger partial charge >= 0.3 is 0 Å².